The van der Waals surface area contributed by atoms with Crippen LogP contribution in [0.4, 0.5) is 0 Å². The van der Waals surface area contributed by atoms with Gasteiger partial charge in [-0.05, 0) is 0 Å². The quantitative estimate of drug-likeness (QED) is 0.181. The number of hydrogen-bond donors (Lipinski definition) is 0. The molecule has 0 aliphatic rings. The van der Waals surface area contributed by atoms with Gasteiger partial charge in [0.05, 0.1) is 0 Å². The van der Waals surface area contributed by atoms with Crippen LogP contribution in [-0.2, 0) is 25.8 Å². The Balaban J connectivity index is -0.0000000711. The number of unbranched alkanes of at least 4 members (excludes halogenated alkanes) is 12. The van der Waals surface area contributed by atoms with Gasteiger partial charge in [-0.25, -0.2) is 0 Å². The van der Waals surface area contributed by atoms with Crippen LogP contribution in [-0.4, -0.2) is 11.0 Å². The molecule has 2 nitrogen and oxygen atoms in total. The van der Waals surface area contributed by atoms with Gasteiger partial charge in [0.1, 0.15) is 0 Å². The smallest absolute Gasteiger partial charge is 0.870 e. The van der Waals surface area contributed by atoms with Crippen LogP contribution in [0, 0.1) is 13.8 Å². The molecule has 0 spiro atoms. The van der Waals surface area contributed by atoms with E-state index in [1.165, 1.54) is 77.0 Å². The van der Waals surface area contributed by atoms with Crippen molar-refractivity contribution >= 4 is 0 Å². The topological polar surface area (TPSA) is 60.0 Å². The first kappa shape index (κ1) is 33.4. The third-order valence-electron chi connectivity index (χ3n) is 3.21. The van der Waals surface area contributed by atoms with Crippen molar-refractivity contribution in [2.24, 2.45) is 0 Å². The first-order chi connectivity index (χ1) is 8.83. The maximum Gasteiger partial charge on any atom is 4.00 e. The van der Waals surface area contributed by atoms with Crippen molar-refractivity contribution in [2.75, 3.05) is 0 Å². The Morgan fingerprint density at radius 2 is 0.714 bits per heavy atom. The van der Waals surface area contributed by atoms with Gasteiger partial charge in [0.2, 0.25) is 0 Å². The van der Waals surface area contributed by atoms with E-state index in [0.717, 1.165) is 12.8 Å². The third kappa shape index (κ3) is 44.9. The molecule has 0 atom stereocenters. The Morgan fingerprint density at radius 3 is 0.952 bits per heavy atom. The molecule has 0 saturated carbocycles. The predicted molar refractivity (Wildman–Crippen MR) is 90.6 cm³/mol. The van der Waals surface area contributed by atoms with Crippen molar-refractivity contribution in [1.29, 1.82) is 0 Å². The molecule has 0 rings (SSSR count). The van der Waals surface area contributed by atoms with E-state index in [1.807, 2.05) is 0 Å². The summed E-state index contributed by atoms with van der Waals surface area (Å²) in [5.41, 5.74) is 0. The second kappa shape index (κ2) is 37.2. The van der Waals surface area contributed by atoms with Crippen LogP contribution in [0.25, 0.3) is 0 Å². The summed E-state index contributed by atoms with van der Waals surface area (Å²) in [5.74, 6) is 0. The molecule has 0 aromatic rings. The van der Waals surface area contributed by atoms with Gasteiger partial charge in [0, 0.05) is 0 Å². The third-order valence-corrected chi connectivity index (χ3v) is 3.21. The standard InChI is InChI=1S/2C9H19.Hf.2H2O/c2*1-3-5-7-9-8-6-4-2;;;/h2*1,3-9H2,2H3;;2*1H2/q2*-1;+4;;/p-2. The van der Waals surface area contributed by atoms with Crippen molar-refractivity contribution in [2.45, 2.75) is 104 Å². The molecule has 3 heteroatoms. The van der Waals surface area contributed by atoms with E-state index in [0.29, 0.717) is 0 Å². The van der Waals surface area contributed by atoms with Gasteiger partial charge in [-0.1, -0.05) is 90.9 Å². The summed E-state index contributed by atoms with van der Waals surface area (Å²) in [6.45, 7) is 12.1. The van der Waals surface area contributed by atoms with Crippen LogP contribution in [0.3, 0.4) is 0 Å². The van der Waals surface area contributed by atoms with E-state index in [4.69, 9.17) is 0 Å². The van der Waals surface area contributed by atoms with Crippen molar-refractivity contribution in [1.82, 2.24) is 0 Å². The fourth-order valence-corrected chi connectivity index (χ4v) is 1.91. The van der Waals surface area contributed by atoms with Crippen molar-refractivity contribution in [3.8, 4) is 0 Å². The Kier molecular flexibility index (Phi) is 59.2. The second-order valence-electron chi connectivity index (χ2n) is 5.24. The molecule has 0 aromatic heterocycles. The largest absolute Gasteiger partial charge is 4.00 e. The minimum Gasteiger partial charge on any atom is -0.870 e. The average Bonchev–Trinajstić information content (AvgIpc) is 2.39. The summed E-state index contributed by atoms with van der Waals surface area (Å²) in [5, 5.41) is 0. The van der Waals surface area contributed by atoms with Gasteiger partial charge in [-0.15, -0.1) is 0 Å². The van der Waals surface area contributed by atoms with E-state index in [1.54, 1.807) is 0 Å². The zero-order chi connectivity index (χ0) is 13.9. The molecule has 0 radical (unpaired) electrons. The summed E-state index contributed by atoms with van der Waals surface area (Å²) < 4.78 is 0. The van der Waals surface area contributed by atoms with Crippen LogP contribution in [0.5, 0.6) is 0 Å². The molecular formula is C18H40HfO2. The predicted octanol–water partition coefficient (Wildman–Crippen LogP) is 6.79. The monoisotopic (exact) mass is 468 g/mol. The van der Waals surface area contributed by atoms with E-state index >= 15 is 0 Å². The molecule has 0 bridgehead atoms. The summed E-state index contributed by atoms with van der Waals surface area (Å²) in [7, 11) is 0. The fourth-order valence-electron chi connectivity index (χ4n) is 1.91. The molecule has 128 valence electrons. The minimum absolute atomic E-state index is 0. The molecule has 0 aliphatic carbocycles. The Morgan fingerprint density at radius 1 is 0.476 bits per heavy atom. The summed E-state index contributed by atoms with van der Waals surface area (Å²) in [6, 6.07) is 0. The van der Waals surface area contributed by atoms with Gasteiger partial charge in [-0.3, -0.25) is 0 Å². The average molecular weight is 467 g/mol. The molecule has 0 heterocycles. The van der Waals surface area contributed by atoms with E-state index in [2.05, 4.69) is 27.7 Å². The molecule has 0 aromatic carbocycles. The molecule has 21 heavy (non-hydrogen) atoms. The van der Waals surface area contributed by atoms with E-state index in [9.17, 15) is 0 Å². The molecule has 0 saturated heterocycles. The van der Waals surface area contributed by atoms with Gasteiger partial charge in [0.25, 0.3) is 0 Å². The zero-order valence-corrected chi connectivity index (χ0v) is 18.3. The van der Waals surface area contributed by atoms with Gasteiger partial charge in [0.15, 0.2) is 0 Å². The molecule has 0 amide bonds. The molecule has 0 fully saturated rings. The summed E-state index contributed by atoms with van der Waals surface area (Å²) >= 11 is 0. The molecule has 0 aliphatic heterocycles. The summed E-state index contributed by atoms with van der Waals surface area (Å²) in [6.07, 6.45) is 18.9. The van der Waals surface area contributed by atoms with Crippen LogP contribution in [0.2, 0.25) is 0 Å². The fraction of sp³-hybridized carbons (Fsp3) is 0.889. The van der Waals surface area contributed by atoms with Gasteiger partial charge >= 0.3 is 25.8 Å². The summed E-state index contributed by atoms with van der Waals surface area (Å²) in [4.78, 5) is 0. The molecular weight excluding hydrogens is 427 g/mol. The molecule has 2 N–H and O–H groups in total. The Labute approximate surface area is 154 Å². The van der Waals surface area contributed by atoms with Gasteiger partial charge in [-0.2, -0.15) is 12.8 Å². The Hall–Kier alpha value is 0.790. The first-order valence-corrected chi connectivity index (χ1v) is 8.41. The Bertz CT molecular complexity index is 95.8. The normalized spacial score (nSPS) is 8.57. The van der Waals surface area contributed by atoms with Crippen LogP contribution >= 0.6 is 0 Å². The first-order valence-electron chi connectivity index (χ1n) is 8.41. The minimum atomic E-state index is 0. The van der Waals surface area contributed by atoms with Crippen molar-refractivity contribution in [3.05, 3.63) is 13.8 Å². The van der Waals surface area contributed by atoms with Crippen LogP contribution in [0.1, 0.15) is 104 Å². The van der Waals surface area contributed by atoms with Crippen molar-refractivity contribution < 1.29 is 36.8 Å². The van der Waals surface area contributed by atoms with E-state index in [-0.39, 0.29) is 36.8 Å². The van der Waals surface area contributed by atoms with Crippen LogP contribution in [0.15, 0.2) is 0 Å². The van der Waals surface area contributed by atoms with E-state index < -0.39 is 0 Å². The second-order valence-corrected chi connectivity index (χ2v) is 5.24. The maximum absolute atomic E-state index is 3.80. The van der Waals surface area contributed by atoms with Crippen LogP contribution < -0.4 is 0 Å². The zero-order valence-electron chi connectivity index (χ0n) is 14.7. The SMILES string of the molecule is [CH2-]CCCCCCCC.[CH2-]CCCCCCCC.[Hf+4].[OH-].[OH-]. The number of rotatable bonds is 12. The van der Waals surface area contributed by atoms with Crippen molar-refractivity contribution in [3.63, 3.8) is 0 Å². The molecule has 0 unspecified atom stereocenters. The van der Waals surface area contributed by atoms with Gasteiger partial charge < -0.3 is 24.8 Å². The number of hydrogen-bond acceptors (Lipinski definition) is 2. The maximum atomic E-state index is 3.80.